The highest BCUT2D eigenvalue weighted by Gasteiger charge is 2.21. The molecule has 3 heteroatoms. The number of ether oxygens (including phenoxy) is 2. The first-order chi connectivity index (χ1) is 9.28. The monoisotopic (exact) mass is 260 g/mol. The Balaban J connectivity index is 1.85. The van der Waals surface area contributed by atoms with E-state index in [4.69, 9.17) is 9.47 Å². The molecule has 0 spiro atoms. The lowest BCUT2D eigenvalue weighted by Crippen LogP contribution is -2.28. The zero-order chi connectivity index (χ0) is 13.5. The van der Waals surface area contributed by atoms with Gasteiger partial charge < -0.3 is 9.47 Å². The van der Waals surface area contributed by atoms with Crippen molar-refractivity contribution in [3.8, 4) is 0 Å². The van der Waals surface area contributed by atoms with Gasteiger partial charge in [-0.15, -0.1) is 0 Å². The Bertz CT molecular complexity index is 425. The maximum atomic E-state index is 11.4. The van der Waals surface area contributed by atoms with E-state index in [0.717, 1.165) is 12.8 Å². The minimum atomic E-state index is -0.197. The van der Waals surface area contributed by atoms with Crippen molar-refractivity contribution in [1.29, 1.82) is 0 Å². The summed E-state index contributed by atoms with van der Waals surface area (Å²) in [6.07, 6.45) is 6.13. The van der Waals surface area contributed by atoms with Crippen LogP contribution in [-0.2, 0) is 20.7 Å². The number of carbonyl (C=O) groups is 1. The first-order valence-electron chi connectivity index (χ1n) is 6.79. The van der Waals surface area contributed by atoms with Gasteiger partial charge in [-0.3, -0.25) is 4.79 Å². The summed E-state index contributed by atoms with van der Waals surface area (Å²) in [6.45, 7) is 2.23. The molecule has 1 aromatic carbocycles. The number of rotatable bonds is 5. The van der Waals surface area contributed by atoms with Gasteiger partial charge in [0.05, 0.1) is 25.2 Å². The highest BCUT2D eigenvalue weighted by atomic mass is 16.5. The Kier molecular flexibility index (Phi) is 5.16. The van der Waals surface area contributed by atoms with Crippen LogP contribution in [0.1, 0.15) is 25.3 Å². The van der Waals surface area contributed by atoms with Crippen molar-refractivity contribution < 1.29 is 14.3 Å². The molecule has 0 radical (unpaired) electrons. The summed E-state index contributed by atoms with van der Waals surface area (Å²) in [5, 5.41) is 0. The Labute approximate surface area is 114 Å². The number of carbonyl (C=O) groups excluding carboxylic acids is 1. The van der Waals surface area contributed by atoms with Gasteiger partial charge in [0.25, 0.3) is 0 Å². The first kappa shape index (κ1) is 13.8. The van der Waals surface area contributed by atoms with Crippen molar-refractivity contribution in [2.24, 2.45) is 0 Å². The van der Waals surface area contributed by atoms with Crippen LogP contribution in [0.4, 0.5) is 0 Å². The molecule has 1 aliphatic heterocycles. The van der Waals surface area contributed by atoms with E-state index in [2.05, 4.69) is 18.2 Å². The lowest BCUT2D eigenvalue weighted by atomic mass is 10.0. The van der Waals surface area contributed by atoms with Gasteiger partial charge in [-0.1, -0.05) is 42.5 Å². The molecule has 1 aliphatic rings. The largest absolute Gasteiger partial charge is 0.466 e. The van der Waals surface area contributed by atoms with Gasteiger partial charge in [0.2, 0.25) is 0 Å². The van der Waals surface area contributed by atoms with Crippen LogP contribution >= 0.6 is 0 Å². The van der Waals surface area contributed by atoms with Crippen LogP contribution < -0.4 is 0 Å². The van der Waals surface area contributed by atoms with E-state index in [9.17, 15) is 4.79 Å². The molecule has 0 aliphatic carbocycles. The van der Waals surface area contributed by atoms with Crippen molar-refractivity contribution in [1.82, 2.24) is 0 Å². The molecule has 0 unspecified atom stereocenters. The standard InChI is InChI=1S/C16H20O3/c1-2-18-16(17)12-15-10-6-9-14(19-15)11-13-7-4-3-5-8-13/h3-8,10,14-15H,2,9,11-12H2,1H3/t14-,15+/m1/s1. The predicted octanol–water partition coefficient (Wildman–Crippen LogP) is 2.90. The maximum Gasteiger partial charge on any atom is 0.308 e. The number of esters is 1. The fourth-order valence-corrected chi connectivity index (χ4v) is 2.24. The van der Waals surface area contributed by atoms with Crippen molar-refractivity contribution >= 4 is 5.97 Å². The molecule has 0 fully saturated rings. The highest BCUT2D eigenvalue weighted by molar-refractivity contribution is 5.70. The normalized spacial score (nSPS) is 22.2. The lowest BCUT2D eigenvalue weighted by molar-refractivity contribution is -0.146. The molecule has 19 heavy (non-hydrogen) atoms. The van der Waals surface area contributed by atoms with Crippen LogP contribution in [0.3, 0.4) is 0 Å². The Morgan fingerprint density at radius 2 is 2.16 bits per heavy atom. The van der Waals surface area contributed by atoms with Crippen LogP contribution in [0.25, 0.3) is 0 Å². The molecule has 102 valence electrons. The Hall–Kier alpha value is -1.61. The Morgan fingerprint density at radius 3 is 2.89 bits per heavy atom. The van der Waals surface area contributed by atoms with E-state index < -0.39 is 0 Å². The molecule has 0 saturated heterocycles. The van der Waals surface area contributed by atoms with E-state index in [1.54, 1.807) is 0 Å². The number of hydrogen-bond acceptors (Lipinski definition) is 3. The summed E-state index contributed by atoms with van der Waals surface area (Å²) in [5.74, 6) is -0.197. The average Bonchev–Trinajstić information content (AvgIpc) is 2.40. The lowest BCUT2D eigenvalue weighted by Gasteiger charge is -2.25. The van der Waals surface area contributed by atoms with E-state index in [0.29, 0.717) is 13.0 Å². The van der Waals surface area contributed by atoms with E-state index >= 15 is 0 Å². The summed E-state index contributed by atoms with van der Waals surface area (Å²) >= 11 is 0. The van der Waals surface area contributed by atoms with Crippen molar-refractivity contribution in [3.05, 3.63) is 48.0 Å². The average molecular weight is 260 g/mol. The summed E-state index contributed by atoms with van der Waals surface area (Å²) in [6, 6.07) is 10.3. The van der Waals surface area contributed by atoms with Crippen LogP contribution in [0.15, 0.2) is 42.5 Å². The predicted molar refractivity (Wildman–Crippen MR) is 73.8 cm³/mol. The van der Waals surface area contributed by atoms with Crippen LogP contribution in [-0.4, -0.2) is 24.8 Å². The quantitative estimate of drug-likeness (QED) is 0.603. The third-order valence-corrected chi connectivity index (χ3v) is 3.10. The zero-order valence-electron chi connectivity index (χ0n) is 11.2. The van der Waals surface area contributed by atoms with E-state index in [-0.39, 0.29) is 18.2 Å². The summed E-state index contributed by atoms with van der Waals surface area (Å²) in [7, 11) is 0. The van der Waals surface area contributed by atoms with Gasteiger partial charge in [-0.05, 0) is 25.3 Å². The summed E-state index contributed by atoms with van der Waals surface area (Å²) in [4.78, 5) is 11.4. The minimum absolute atomic E-state index is 0.145. The van der Waals surface area contributed by atoms with E-state index in [1.165, 1.54) is 5.56 Å². The molecule has 0 amide bonds. The maximum absolute atomic E-state index is 11.4. The molecule has 1 aromatic rings. The highest BCUT2D eigenvalue weighted by Crippen LogP contribution is 2.19. The van der Waals surface area contributed by atoms with Crippen molar-refractivity contribution in [2.75, 3.05) is 6.61 Å². The molecule has 3 nitrogen and oxygen atoms in total. The molecular formula is C16H20O3. The van der Waals surface area contributed by atoms with Crippen LogP contribution in [0.2, 0.25) is 0 Å². The molecule has 2 atom stereocenters. The van der Waals surface area contributed by atoms with Crippen molar-refractivity contribution in [3.63, 3.8) is 0 Å². The molecule has 0 aromatic heterocycles. The zero-order valence-corrected chi connectivity index (χ0v) is 11.2. The molecule has 0 saturated carbocycles. The smallest absolute Gasteiger partial charge is 0.308 e. The van der Waals surface area contributed by atoms with Gasteiger partial charge in [0, 0.05) is 0 Å². The van der Waals surface area contributed by atoms with Crippen LogP contribution in [0.5, 0.6) is 0 Å². The molecular weight excluding hydrogens is 240 g/mol. The van der Waals surface area contributed by atoms with E-state index in [1.807, 2.05) is 31.2 Å². The van der Waals surface area contributed by atoms with Gasteiger partial charge in [0.1, 0.15) is 0 Å². The molecule has 1 heterocycles. The second-order valence-electron chi connectivity index (χ2n) is 4.66. The van der Waals surface area contributed by atoms with Gasteiger partial charge >= 0.3 is 5.97 Å². The second-order valence-corrected chi connectivity index (χ2v) is 4.66. The topological polar surface area (TPSA) is 35.5 Å². The number of hydrogen-bond donors (Lipinski definition) is 0. The second kappa shape index (κ2) is 7.10. The van der Waals surface area contributed by atoms with Gasteiger partial charge in [-0.2, -0.15) is 0 Å². The summed E-state index contributed by atoms with van der Waals surface area (Å²) < 4.78 is 10.9. The third-order valence-electron chi connectivity index (χ3n) is 3.10. The van der Waals surface area contributed by atoms with Crippen molar-refractivity contribution in [2.45, 2.75) is 38.4 Å². The third kappa shape index (κ3) is 4.52. The summed E-state index contributed by atoms with van der Waals surface area (Å²) in [5.41, 5.74) is 1.26. The number of benzene rings is 1. The SMILES string of the molecule is CCOC(=O)C[C@@H]1C=CC[C@H](Cc2ccccc2)O1. The molecule has 2 rings (SSSR count). The fourth-order valence-electron chi connectivity index (χ4n) is 2.24. The molecule has 0 N–H and O–H groups in total. The first-order valence-corrected chi connectivity index (χ1v) is 6.79. The molecule has 0 bridgehead atoms. The Morgan fingerprint density at radius 1 is 1.37 bits per heavy atom. The van der Waals surface area contributed by atoms with Gasteiger partial charge in [-0.25, -0.2) is 0 Å². The van der Waals surface area contributed by atoms with Crippen LogP contribution in [0, 0.1) is 0 Å². The minimum Gasteiger partial charge on any atom is -0.466 e. The van der Waals surface area contributed by atoms with Gasteiger partial charge in [0.15, 0.2) is 0 Å². The fraction of sp³-hybridized carbons (Fsp3) is 0.438.